The lowest BCUT2D eigenvalue weighted by atomic mass is 10.2. The van der Waals surface area contributed by atoms with Crippen molar-refractivity contribution in [1.29, 1.82) is 0 Å². The molecular formula is C12H12ClFN2O. The fourth-order valence-corrected chi connectivity index (χ4v) is 1.84. The number of halogens is 2. The zero-order valence-electron chi connectivity index (χ0n) is 9.11. The summed E-state index contributed by atoms with van der Waals surface area (Å²) in [7, 11) is 0. The van der Waals surface area contributed by atoms with Gasteiger partial charge in [0.25, 0.3) is 0 Å². The minimum absolute atomic E-state index is 0.0190. The standard InChI is InChI=1S/C12H12ClFN2O/c13-12-9(5-6-17)7-15-16(12)8-10-3-1-2-4-11(10)14/h1-4,7,17H,5-6,8H2. The predicted octanol–water partition coefficient (Wildman–Crippen LogP) is 2.26. The lowest BCUT2D eigenvalue weighted by Gasteiger charge is -2.05. The highest BCUT2D eigenvalue weighted by Gasteiger charge is 2.09. The topological polar surface area (TPSA) is 38.1 Å². The summed E-state index contributed by atoms with van der Waals surface area (Å²) in [6.45, 7) is 0.308. The highest BCUT2D eigenvalue weighted by atomic mass is 35.5. The number of aromatic nitrogens is 2. The molecule has 0 bridgehead atoms. The molecule has 3 nitrogen and oxygen atoms in total. The van der Waals surface area contributed by atoms with Gasteiger partial charge in [0.15, 0.2) is 0 Å². The lowest BCUT2D eigenvalue weighted by molar-refractivity contribution is 0.299. The summed E-state index contributed by atoms with van der Waals surface area (Å²) in [5, 5.41) is 13.4. The molecule has 0 unspecified atom stereocenters. The number of hydrogen-bond donors (Lipinski definition) is 1. The van der Waals surface area contributed by atoms with Gasteiger partial charge in [-0.05, 0) is 6.07 Å². The van der Waals surface area contributed by atoms with Crippen molar-refractivity contribution >= 4 is 11.6 Å². The molecule has 0 aliphatic rings. The number of aliphatic hydroxyl groups is 1. The summed E-state index contributed by atoms with van der Waals surface area (Å²) >= 11 is 6.07. The molecule has 0 aliphatic heterocycles. The zero-order valence-corrected chi connectivity index (χ0v) is 9.86. The number of hydrogen-bond acceptors (Lipinski definition) is 2. The second-order valence-electron chi connectivity index (χ2n) is 3.68. The molecule has 1 aromatic carbocycles. The molecule has 0 fully saturated rings. The van der Waals surface area contributed by atoms with Crippen LogP contribution in [0.4, 0.5) is 4.39 Å². The maximum Gasteiger partial charge on any atom is 0.130 e. The van der Waals surface area contributed by atoms with E-state index in [9.17, 15) is 4.39 Å². The lowest BCUT2D eigenvalue weighted by Crippen LogP contribution is -2.04. The van der Waals surface area contributed by atoms with E-state index in [0.717, 1.165) is 5.56 Å². The molecule has 0 saturated heterocycles. The second kappa shape index (κ2) is 5.29. The van der Waals surface area contributed by atoms with E-state index in [0.29, 0.717) is 17.1 Å². The van der Waals surface area contributed by atoms with E-state index in [1.807, 2.05) is 0 Å². The molecule has 90 valence electrons. The van der Waals surface area contributed by atoms with Crippen molar-refractivity contribution in [3.8, 4) is 0 Å². The highest BCUT2D eigenvalue weighted by Crippen LogP contribution is 2.18. The molecule has 1 heterocycles. The molecule has 2 aromatic rings. The van der Waals surface area contributed by atoms with Crippen molar-refractivity contribution in [2.75, 3.05) is 6.61 Å². The first kappa shape index (κ1) is 12.1. The van der Waals surface area contributed by atoms with Gasteiger partial charge in [-0.25, -0.2) is 9.07 Å². The molecule has 5 heteroatoms. The van der Waals surface area contributed by atoms with Gasteiger partial charge in [0.1, 0.15) is 11.0 Å². The molecule has 2 rings (SSSR count). The monoisotopic (exact) mass is 254 g/mol. The first-order chi connectivity index (χ1) is 8.22. The van der Waals surface area contributed by atoms with Crippen molar-refractivity contribution in [3.63, 3.8) is 0 Å². The molecule has 0 amide bonds. The third kappa shape index (κ3) is 2.65. The fourth-order valence-electron chi connectivity index (χ4n) is 1.60. The van der Waals surface area contributed by atoms with E-state index in [4.69, 9.17) is 16.7 Å². The van der Waals surface area contributed by atoms with E-state index in [2.05, 4.69) is 5.10 Å². The first-order valence-electron chi connectivity index (χ1n) is 5.27. The van der Waals surface area contributed by atoms with Crippen molar-refractivity contribution in [2.45, 2.75) is 13.0 Å². The van der Waals surface area contributed by atoms with Gasteiger partial charge < -0.3 is 5.11 Å². The Morgan fingerprint density at radius 3 is 2.76 bits per heavy atom. The number of aliphatic hydroxyl groups excluding tert-OH is 1. The molecule has 0 aliphatic carbocycles. The fraction of sp³-hybridized carbons (Fsp3) is 0.250. The molecule has 17 heavy (non-hydrogen) atoms. The Hall–Kier alpha value is -1.39. The normalized spacial score (nSPS) is 10.8. The van der Waals surface area contributed by atoms with Gasteiger partial charge >= 0.3 is 0 Å². The van der Waals surface area contributed by atoms with Crippen LogP contribution < -0.4 is 0 Å². The molecule has 1 aromatic heterocycles. The third-order valence-corrected chi connectivity index (χ3v) is 2.94. The van der Waals surface area contributed by atoms with Crippen LogP contribution in [0.25, 0.3) is 0 Å². The first-order valence-corrected chi connectivity index (χ1v) is 5.64. The smallest absolute Gasteiger partial charge is 0.130 e. The average molecular weight is 255 g/mol. The molecule has 0 radical (unpaired) electrons. The molecule has 0 atom stereocenters. The van der Waals surface area contributed by atoms with Gasteiger partial charge in [-0.15, -0.1) is 0 Å². The van der Waals surface area contributed by atoms with Crippen LogP contribution in [0, 0.1) is 5.82 Å². The van der Waals surface area contributed by atoms with Crippen LogP contribution in [0.5, 0.6) is 0 Å². The second-order valence-corrected chi connectivity index (χ2v) is 4.04. The van der Waals surface area contributed by atoms with Crippen LogP contribution in [-0.4, -0.2) is 21.5 Å². The SMILES string of the molecule is OCCc1cnn(Cc2ccccc2F)c1Cl. The summed E-state index contributed by atoms with van der Waals surface area (Å²) in [6.07, 6.45) is 2.05. The maximum atomic E-state index is 13.4. The largest absolute Gasteiger partial charge is 0.396 e. The minimum Gasteiger partial charge on any atom is -0.396 e. The van der Waals surface area contributed by atoms with Gasteiger partial charge in [-0.3, -0.25) is 0 Å². The summed E-state index contributed by atoms with van der Waals surface area (Å²) in [6, 6.07) is 6.51. The van der Waals surface area contributed by atoms with E-state index < -0.39 is 0 Å². The Labute approximate surface area is 103 Å². The van der Waals surface area contributed by atoms with Crippen molar-refractivity contribution < 1.29 is 9.50 Å². The van der Waals surface area contributed by atoms with E-state index in [-0.39, 0.29) is 19.0 Å². The average Bonchev–Trinajstić information content (AvgIpc) is 2.65. The highest BCUT2D eigenvalue weighted by molar-refractivity contribution is 6.30. The number of rotatable bonds is 4. The van der Waals surface area contributed by atoms with Crippen molar-refractivity contribution in [1.82, 2.24) is 9.78 Å². The Balaban J connectivity index is 2.22. The van der Waals surface area contributed by atoms with Crippen LogP contribution in [0.15, 0.2) is 30.5 Å². The third-order valence-electron chi connectivity index (χ3n) is 2.50. The van der Waals surface area contributed by atoms with Crippen LogP contribution in [0.1, 0.15) is 11.1 Å². The summed E-state index contributed by atoms with van der Waals surface area (Å²) in [4.78, 5) is 0. The quantitative estimate of drug-likeness (QED) is 0.909. The van der Waals surface area contributed by atoms with Crippen molar-refractivity contribution in [3.05, 3.63) is 52.6 Å². The Morgan fingerprint density at radius 1 is 1.29 bits per heavy atom. The van der Waals surface area contributed by atoms with Gasteiger partial charge in [-0.1, -0.05) is 29.8 Å². The molecule has 0 saturated carbocycles. The maximum absolute atomic E-state index is 13.4. The predicted molar refractivity (Wildman–Crippen MR) is 63.5 cm³/mol. The van der Waals surface area contributed by atoms with Gasteiger partial charge in [0.2, 0.25) is 0 Å². The summed E-state index contributed by atoms with van der Waals surface area (Å²) < 4.78 is 15.0. The van der Waals surface area contributed by atoms with Gasteiger partial charge in [0.05, 0.1) is 12.7 Å². The van der Waals surface area contributed by atoms with Crippen LogP contribution in [-0.2, 0) is 13.0 Å². The molecule has 1 N–H and O–H groups in total. The van der Waals surface area contributed by atoms with Gasteiger partial charge in [0, 0.05) is 24.2 Å². The Bertz CT molecular complexity index is 513. The van der Waals surface area contributed by atoms with E-state index in [1.165, 1.54) is 10.7 Å². The minimum atomic E-state index is -0.275. The Kier molecular flexibility index (Phi) is 3.76. The van der Waals surface area contributed by atoms with Crippen LogP contribution in [0.2, 0.25) is 5.15 Å². The van der Waals surface area contributed by atoms with E-state index >= 15 is 0 Å². The van der Waals surface area contributed by atoms with Crippen molar-refractivity contribution in [2.24, 2.45) is 0 Å². The van der Waals surface area contributed by atoms with E-state index in [1.54, 1.807) is 24.4 Å². The zero-order chi connectivity index (χ0) is 12.3. The molecular weight excluding hydrogens is 243 g/mol. The van der Waals surface area contributed by atoms with Gasteiger partial charge in [-0.2, -0.15) is 5.10 Å². The van der Waals surface area contributed by atoms with Crippen LogP contribution >= 0.6 is 11.6 Å². The van der Waals surface area contributed by atoms with Crippen LogP contribution in [0.3, 0.4) is 0 Å². The summed E-state index contributed by atoms with van der Waals surface area (Å²) in [5.74, 6) is -0.275. The number of benzene rings is 1. The number of nitrogens with zero attached hydrogens (tertiary/aromatic N) is 2. The Morgan fingerprint density at radius 2 is 2.06 bits per heavy atom. The summed E-state index contributed by atoms with van der Waals surface area (Å²) in [5.41, 5.74) is 1.30. The molecule has 0 spiro atoms.